The predicted octanol–water partition coefficient (Wildman–Crippen LogP) is 2.54. The van der Waals surface area contributed by atoms with E-state index in [0.29, 0.717) is 10.5 Å². The highest BCUT2D eigenvalue weighted by Crippen LogP contribution is 2.20. The molecular formula is C10H25O2Si2. The Kier molecular flexibility index (Phi) is 8.86. The number of unbranched alkanes of at least 4 members (excludes halogenated alkanes) is 4. The molecule has 2 nitrogen and oxygen atoms in total. The molecule has 0 unspecified atom stereocenters. The molecule has 0 heterocycles. The van der Waals surface area contributed by atoms with Crippen molar-refractivity contribution >= 4 is 19.0 Å². The average Bonchev–Trinajstić information content (AvgIpc) is 2.19. The number of rotatable bonds is 9. The van der Waals surface area contributed by atoms with Gasteiger partial charge in [-0.25, -0.2) is 0 Å². The molecule has 0 aromatic carbocycles. The van der Waals surface area contributed by atoms with E-state index in [1.165, 1.54) is 25.7 Å². The minimum absolute atomic E-state index is 0.633. The van der Waals surface area contributed by atoms with Gasteiger partial charge in [0.1, 0.15) is 10.5 Å². The topological polar surface area (TPSA) is 29.1 Å². The molecule has 0 saturated carbocycles. The van der Waals surface area contributed by atoms with Gasteiger partial charge in [-0.2, -0.15) is 0 Å². The Bertz CT molecular complexity index is 121. The maximum absolute atomic E-state index is 12.2. The molecule has 0 atom stereocenters. The minimum atomic E-state index is -2.49. The zero-order valence-electron chi connectivity index (χ0n) is 9.97. The van der Waals surface area contributed by atoms with Gasteiger partial charge in [-0.05, 0) is 12.1 Å². The van der Waals surface area contributed by atoms with Crippen molar-refractivity contribution in [2.24, 2.45) is 0 Å². The molecular weight excluding hydrogens is 208 g/mol. The maximum Gasteiger partial charge on any atom is 0.363 e. The lowest BCUT2D eigenvalue weighted by molar-refractivity contribution is 0.307. The Morgan fingerprint density at radius 2 is 1.43 bits per heavy atom. The highest BCUT2D eigenvalue weighted by molar-refractivity contribution is 6.68. The molecule has 14 heavy (non-hydrogen) atoms. The van der Waals surface area contributed by atoms with Crippen LogP contribution in [0.5, 0.6) is 0 Å². The van der Waals surface area contributed by atoms with Gasteiger partial charge in [-0.3, -0.25) is 4.80 Å². The summed E-state index contributed by atoms with van der Waals surface area (Å²) in [5.74, 6) is 0. The Labute approximate surface area is 92.9 Å². The number of hydrogen-bond acceptors (Lipinski definition) is 1. The van der Waals surface area contributed by atoms with Crippen molar-refractivity contribution in [2.75, 3.05) is 0 Å². The molecule has 0 aliphatic carbocycles. The smallest absolute Gasteiger partial charge is 0.363 e. The standard InChI is InChI=1S/C10H25O2Si2/c1-3-5-7-9-14(11,12-13)10-8-6-4-2/h3-10H2,1-2,13H3. The van der Waals surface area contributed by atoms with Crippen LogP contribution in [0.4, 0.5) is 0 Å². The van der Waals surface area contributed by atoms with E-state index in [2.05, 4.69) is 13.8 Å². The molecule has 0 rings (SSSR count). The summed E-state index contributed by atoms with van der Waals surface area (Å²) in [6.07, 6.45) is 6.94. The first-order valence-electron chi connectivity index (χ1n) is 5.94. The summed E-state index contributed by atoms with van der Waals surface area (Å²) in [6, 6.07) is 1.68. The van der Waals surface area contributed by atoms with Crippen LogP contribution >= 0.6 is 0 Å². The molecule has 4 heteroatoms. The molecule has 0 aliphatic heterocycles. The van der Waals surface area contributed by atoms with Crippen molar-refractivity contribution in [1.29, 1.82) is 0 Å². The third-order valence-electron chi connectivity index (χ3n) is 2.69. The van der Waals surface area contributed by atoms with E-state index in [0.717, 1.165) is 24.9 Å². The first kappa shape index (κ1) is 14.4. The lowest BCUT2D eigenvalue weighted by atomic mass is 10.3. The van der Waals surface area contributed by atoms with Gasteiger partial charge in [-0.15, -0.1) is 0 Å². The lowest BCUT2D eigenvalue weighted by Crippen LogP contribution is -2.35. The van der Waals surface area contributed by atoms with Crippen LogP contribution in [-0.4, -0.2) is 19.0 Å². The van der Waals surface area contributed by atoms with Crippen LogP contribution in [0.25, 0.3) is 0 Å². The van der Waals surface area contributed by atoms with Gasteiger partial charge < -0.3 is 4.12 Å². The summed E-state index contributed by atoms with van der Waals surface area (Å²) < 4.78 is 5.35. The summed E-state index contributed by atoms with van der Waals surface area (Å²) in [5, 5.41) is 0. The maximum atomic E-state index is 12.2. The van der Waals surface area contributed by atoms with Crippen molar-refractivity contribution in [3.05, 3.63) is 0 Å². The molecule has 0 fully saturated rings. The summed E-state index contributed by atoms with van der Waals surface area (Å²) in [5.41, 5.74) is 0. The molecule has 0 spiro atoms. The van der Waals surface area contributed by atoms with Crippen LogP contribution in [0.2, 0.25) is 12.1 Å². The van der Waals surface area contributed by atoms with E-state index in [1.54, 1.807) is 0 Å². The normalized spacial score (nSPS) is 12.2. The largest absolute Gasteiger partial charge is 0.443 e. The van der Waals surface area contributed by atoms with E-state index in [4.69, 9.17) is 4.12 Å². The molecule has 0 N–H and O–H groups in total. The van der Waals surface area contributed by atoms with E-state index in [9.17, 15) is 4.80 Å². The Hall–Kier alpha value is 0.354. The van der Waals surface area contributed by atoms with Gasteiger partial charge in [-0.1, -0.05) is 52.4 Å². The molecule has 0 aromatic heterocycles. The second-order valence-corrected chi connectivity index (χ2v) is 8.48. The quantitative estimate of drug-likeness (QED) is 0.444. The molecule has 0 amide bonds. The van der Waals surface area contributed by atoms with E-state index in [1.807, 2.05) is 0 Å². The van der Waals surface area contributed by atoms with E-state index >= 15 is 0 Å². The second-order valence-electron chi connectivity index (χ2n) is 4.03. The van der Waals surface area contributed by atoms with Crippen molar-refractivity contribution in [1.82, 2.24) is 0 Å². The van der Waals surface area contributed by atoms with Gasteiger partial charge in [0.05, 0.1) is 0 Å². The van der Waals surface area contributed by atoms with Crippen LogP contribution in [0, 0.1) is 0 Å². The fraction of sp³-hybridized carbons (Fsp3) is 1.00. The third-order valence-corrected chi connectivity index (χ3v) is 7.90. The van der Waals surface area contributed by atoms with Gasteiger partial charge in [0.25, 0.3) is 0 Å². The van der Waals surface area contributed by atoms with Crippen molar-refractivity contribution < 1.29 is 8.91 Å². The molecule has 0 saturated heterocycles. The van der Waals surface area contributed by atoms with Crippen LogP contribution in [0.15, 0.2) is 0 Å². The fourth-order valence-corrected chi connectivity index (χ4v) is 5.08. The zero-order chi connectivity index (χ0) is 10.9. The summed E-state index contributed by atoms with van der Waals surface area (Å²) in [6.45, 7) is 4.35. The molecule has 0 aliphatic rings. The van der Waals surface area contributed by atoms with E-state index < -0.39 is 8.56 Å². The highest BCUT2D eigenvalue weighted by Gasteiger charge is 2.32. The first-order valence-corrected chi connectivity index (χ1v) is 8.99. The van der Waals surface area contributed by atoms with Gasteiger partial charge in [0.15, 0.2) is 0 Å². The molecule has 85 valence electrons. The minimum Gasteiger partial charge on any atom is -0.443 e. The highest BCUT2D eigenvalue weighted by atomic mass is 28.4. The second kappa shape index (κ2) is 8.65. The molecule has 1 radical (unpaired) electrons. The monoisotopic (exact) mass is 233 g/mol. The van der Waals surface area contributed by atoms with E-state index in [-0.39, 0.29) is 0 Å². The van der Waals surface area contributed by atoms with Crippen LogP contribution in [-0.2, 0) is 8.91 Å². The van der Waals surface area contributed by atoms with Crippen molar-refractivity contribution in [2.45, 2.75) is 64.5 Å². The molecule has 0 aromatic rings. The third kappa shape index (κ3) is 6.76. The fourth-order valence-electron chi connectivity index (χ4n) is 1.62. The van der Waals surface area contributed by atoms with Crippen molar-refractivity contribution in [3.8, 4) is 0 Å². The van der Waals surface area contributed by atoms with Gasteiger partial charge in [0, 0.05) is 0 Å². The Morgan fingerprint density at radius 3 is 1.71 bits per heavy atom. The van der Waals surface area contributed by atoms with Crippen LogP contribution in [0.1, 0.15) is 52.4 Å². The average molecular weight is 233 g/mol. The van der Waals surface area contributed by atoms with Crippen molar-refractivity contribution in [3.63, 3.8) is 0 Å². The molecule has 0 bridgehead atoms. The summed E-state index contributed by atoms with van der Waals surface area (Å²) in [4.78, 5) is 12.2. The Morgan fingerprint density at radius 1 is 1.00 bits per heavy atom. The van der Waals surface area contributed by atoms with Crippen LogP contribution in [0.3, 0.4) is 0 Å². The van der Waals surface area contributed by atoms with Gasteiger partial charge in [0.2, 0.25) is 0 Å². The predicted molar refractivity (Wildman–Crippen MR) is 66.1 cm³/mol. The first-order chi connectivity index (χ1) is 6.68. The SMILES string of the molecule is CCCCC[Si]([O])(CCCCC)O[SiH3]. The summed E-state index contributed by atoms with van der Waals surface area (Å²) in [7, 11) is -1.85. The van der Waals surface area contributed by atoms with Gasteiger partial charge >= 0.3 is 8.56 Å². The number of hydrogen-bond donors (Lipinski definition) is 0. The lowest BCUT2D eigenvalue weighted by Gasteiger charge is -2.20. The Balaban J connectivity index is 3.67. The summed E-state index contributed by atoms with van der Waals surface area (Å²) >= 11 is 0. The zero-order valence-corrected chi connectivity index (χ0v) is 13.0. The van der Waals surface area contributed by atoms with Crippen LogP contribution < -0.4 is 0 Å².